The summed E-state index contributed by atoms with van der Waals surface area (Å²) in [4.78, 5) is 1.24. The van der Waals surface area contributed by atoms with Gasteiger partial charge in [-0.05, 0) is 40.5 Å². The summed E-state index contributed by atoms with van der Waals surface area (Å²) in [6.45, 7) is 2.69. The minimum Gasteiger partial charge on any atom is -0.379 e. The maximum absolute atomic E-state index is 9.11. The van der Waals surface area contributed by atoms with Gasteiger partial charge in [-0.15, -0.1) is 11.3 Å². The first-order valence-electron chi connectivity index (χ1n) is 5.17. The van der Waals surface area contributed by atoms with Gasteiger partial charge in [0.2, 0.25) is 0 Å². The molecule has 86 valence electrons. The number of halogens is 1. The molecule has 4 heteroatoms. The number of nitrogens with zero attached hydrogens (tertiary/aromatic N) is 1. The molecular weight excluding hydrogens is 296 g/mol. The van der Waals surface area contributed by atoms with Crippen LogP contribution in [0, 0.1) is 18.3 Å². The van der Waals surface area contributed by atoms with E-state index in [2.05, 4.69) is 38.8 Å². The van der Waals surface area contributed by atoms with Crippen LogP contribution in [0.4, 0.5) is 5.69 Å². The first-order chi connectivity index (χ1) is 8.20. The largest absolute Gasteiger partial charge is 0.379 e. The van der Waals surface area contributed by atoms with Gasteiger partial charge in [-0.2, -0.15) is 5.26 Å². The number of rotatable bonds is 3. The van der Waals surface area contributed by atoms with Gasteiger partial charge in [0, 0.05) is 21.3 Å². The molecule has 0 atom stereocenters. The van der Waals surface area contributed by atoms with E-state index in [9.17, 15) is 0 Å². The predicted octanol–water partition coefficient (Wildman–Crippen LogP) is 4.30. The molecule has 1 heterocycles. The van der Waals surface area contributed by atoms with E-state index in [0.717, 1.165) is 27.8 Å². The summed E-state index contributed by atoms with van der Waals surface area (Å²) in [5.41, 5.74) is 2.63. The summed E-state index contributed by atoms with van der Waals surface area (Å²) in [7, 11) is 0. The third-order valence-electron chi connectivity index (χ3n) is 2.46. The molecule has 1 aromatic carbocycles. The fourth-order valence-electron chi connectivity index (χ4n) is 1.59. The van der Waals surface area contributed by atoms with Gasteiger partial charge in [-0.25, -0.2) is 0 Å². The predicted molar refractivity (Wildman–Crippen MR) is 75.2 cm³/mol. The molecule has 0 spiro atoms. The summed E-state index contributed by atoms with van der Waals surface area (Å²) in [5, 5.41) is 14.5. The Hall–Kier alpha value is -1.31. The highest BCUT2D eigenvalue weighted by Crippen LogP contribution is 2.23. The van der Waals surface area contributed by atoms with Crippen molar-refractivity contribution in [2.75, 3.05) is 5.32 Å². The van der Waals surface area contributed by atoms with Crippen molar-refractivity contribution in [3.05, 3.63) is 50.1 Å². The molecule has 0 unspecified atom stereocenters. The molecule has 0 aliphatic heterocycles. The van der Waals surface area contributed by atoms with Crippen molar-refractivity contribution in [3.8, 4) is 6.07 Å². The highest BCUT2D eigenvalue weighted by atomic mass is 79.9. The Morgan fingerprint density at radius 1 is 1.47 bits per heavy atom. The lowest BCUT2D eigenvalue weighted by molar-refractivity contribution is 1.18. The maximum atomic E-state index is 9.11. The fourth-order valence-corrected chi connectivity index (χ4v) is 2.98. The summed E-state index contributed by atoms with van der Waals surface area (Å²) >= 11 is 5.12. The van der Waals surface area contributed by atoms with Gasteiger partial charge in [0.05, 0.1) is 11.3 Å². The molecular formula is C13H11BrN2S. The van der Waals surface area contributed by atoms with Crippen LogP contribution in [0.3, 0.4) is 0 Å². The minimum absolute atomic E-state index is 0.725. The number of anilines is 1. The topological polar surface area (TPSA) is 35.8 Å². The first-order valence-corrected chi connectivity index (χ1v) is 6.84. The van der Waals surface area contributed by atoms with Gasteiger partial charge >= 0.3 is 0 Å². The zero-order valence-corrected chi connectivity index (χ0v) is 11.7. The zero-order valence-electron chi connectivity index (χ0n) is 9.33. The third kappa shape index (κ3) is 2.87. The number of hydrogen-bond acceptors (Lipinski definition) is 3. The quantitative estimate of drug-likeness (QED) is 0.917. The average Bonchev–Trinajstić information content (AvgIpc) is 2.72. The van der Waals surface area contributed by atoms with Crippen LogP contribution in [0.15, 0.2) is 34.1 Å². The number of nitrogens with one attached hydrogen (secondary N) is 1. The van der Waals surface area contributed by atoms with E-state index in [1.54, 1.807) is 11.3 Å². The van der Waals surface area contributed by atoms with Crippen LogP contribution < -0.4 is 5.32 Å². The second kappa shape index (κ2) is 5.35. The van der Waals surface area contributed by atoms with Crippen LogP contribution in [0.25, 0.3) is 0 Å². The molecule has 0 bridgehead atoms. The summed E-state index contributed by atoms with van der Waals surface area (Å²) in [5.74, 6) is 0. The number of thiophene rings is 1. The van der Waals surface area contributed by atoms with Gasteiger partial charge in [-0.3, -0.25) is 0 Å². The molecule has 2 nitrogen and oxygen atoms in total. The number of hydrogen-bond donors (Lipinski definition) is 1. The van der Waals surface area contributed by atoms with Crippen molar-refractivity contribution in [2.45, 2.75) is 13.5 Å². The normalized spacial score (nSPS) is 9.94. The Labute approximate surface area is 113 Å². The lowest BCUT2D eigenvalue weighted by Gasteiger charge is -2.08. The number of nitriles is 1. The third-order valence-corrected chi connectivity index (χ3v) is 4.16. The molecule has 0 saturated carbocycles. The molecule has 0 saturated heterocycles. The number of aryl methyl sites for hydroxylation is 1. The Morgan fingerprint density at radius 3 is 2.94 bits per heavy atom. The van der Waals surface area contributed by atoms with E-state index < -0.39 is 0 Å². The van der Waals surface area contributed by atoms with Crippen molar-refractivity contribution in [2.24, 2.45) is 0 Å². The van der Waals surface area contributed by atoms with Crippen LogP contribution in [0.5, 0.6) is 0 Å². The second-order valence-corrected chi connectivity index (χ2v) is 5.61. The fraction of sp³-hybridized carbons (Fsp3) is 0.154. The first kappa shape index (κ1) is 12.2. The molecule has 2 aromatic rings. The molecule has 1 N–H and O–H groups in total. The van der Waals surface area contributed by atoms with Crippen LogP contribution in [-0.2, 0) is 6.54 Å². The van der Waals surface area contributed by atoms with Gasteiger partial charge in [0.1, 0.15) is 6.07 Å². The van der Waals surface area contributed by atoms with E-state index in [1.165, 1.54) is 4.88 Å². The molecule has 1 aromatic heterocycles. The van der Waals surface area contributed by atoms with E-state index in [4.69, 9.17) is 5.26 Å². The Bertz CT molecular complexity index is 569. The minimum atomic E-state index is 0.725. The van der Waals surface area contributed by atoms with Crippen molar-refractivity contribution < 1.29 is 0 Å². The van der Waals surface area contributed by atoms with E-state index >= 15 is 0 Å². The molecule has 0 amide bonds. The maximum Gasteiger partial charge on any atom is 0.102 e. The Balaban J connectivity index is 2.14. The average molecular weight is 307 g/mol. The molecule has 0 aliphatic carbocycles. The smallest absolute Gasteiger partial charge is 0.102 e. The van der Waals surface area contributed by atoms with Gasteiger partial charge in [-0.1, -0.05) is 12.1 Å². The summed E-state index contributed by atoms with van der Waals surface area (Å²) in [6, 6.07) is 10.2. The summed E-state index contributed by atoms with van der Waals surface area (Å²) < 4.78 is 1.10. The van der Waals surface area contributed by atoms with Crippen molar-refractivity contribution in [1.82, 2.24) is 0 Å². The number of benzene rings is 1. The van der Waals surface area contributed by atoms with Crippen LogP contribution in [0.1, 0.15) is 16.0 Å². The molecule has 0 radical (unpaired) electrons. The standard InChI is InChI=1S/C13H11BrN2S/c1-9-3-2-4-13(12(9)6-15)16-7-11-5-10(14)8-17-11/h2-5,8,16H,7H2,1H3. The van der Waals surface area contributed by atoms with Crippen molar-refractivity contribution in [3.63, 3.8) is 0 Å². The van der Waals surface area contributed by atoms with Crippen LogP contribution in [0.2, 0.25) is 0 Å². The molecule has 0 aliphatic rings. The lowest BCUT2D eigenvalue weighted by Crippen LogP contribution is -2.00. The Kier molecular flexibility index (Phi) is 3.82. The molecule has 17 heavy (non-hydrogen) atoms. The van der Waals surface area contributed by atoms with Gasteiger partial charge in [0.15, 0.2) is 0 Å². The monoisotopic (exact) mass is 306 g/mol. The lowest BCUT2D eigenvalue weighted by atomic mass is 10.1. The van der Waals surface area contributed by atoms with Crippen LogP contribution >= 0.6 is 27.3 Å². The van der Waals surface area contributed by atoms with E-state index in [0.29, 0.717) is 0 Å². The second-order valence-electron chi connectivity index (χ2n) is 3.69. The van der Waals surface area contributed by atoms with Crippen LogP contribution in [-0.4, -0.2) is 0 Å². The van der Waals surface area contributed by atoms with Crippen molar-refractivity contribution >= 4 is 33.0 Å². The zero-order chi connectivity index (χ0) is 12.3. The van der Waals surface area contributed by atoms with Gasteiger partial charge < -0.3 is 5.32 Å². The Morgan fingerprint density at radius 2 is 2.29 bits per heavy atom. The highest BCUT2D eigenvalue weighted by Gasteiger charge is 2.04. The SMILES string of the molecule is Cc1cccc(NCc2cc(Br)cs2)c1C#N. The van der Waals surface area contributed by atoms with Gasteiger partial charge in [0.25, 0.3) is 0 Å². The van der Waals surface area contributed by atoms with E-state index in [1.807, 2.05) is 25.1 Å². The highest BCUT2D eigenvalue weighted by molar-refractivity contribution is 9.10. The van der Waals surface area contributed by atoms with E-state index in [-0.39, 0.29) is 0 Å². The van der Waals surface area contributed by atoms with Crippen molar-refractivity contribution in [1.29, 1.82) is 5.26 Å². The summed E-state index contributed by atoms with van der Waals surface area (Å²) in [6.07, 6.45) is 0. The molecule has 2 rings (SSSR count). The molecule has 0 fully saturated rings.